The van der Waals surface area contributed by atoms with Crippen LogP contribution in [0.4, 0.5) is 3.89 Å². The molecule has 7 heteroatoms. The van der Waals surface area contributed by atoms with Gasteiger partial charge < -0.3 is 4.74 Å². The quantitative estimate of drug-likeness (QED) is 0.744. The van der Waals surface area contributed by atoms with Crippen molar-refractivity contribution in [2.75, 3.05) is 6.61 Å². The molecule has 1 aliphatic heterocycles. The molecule has 0 radical (unpaired) electrons. The summed E-state index contributed by atoms with van der Waals surface area (Å²) in [5.74, 6) is 0.304. The van der Waals surface area contributed by atoms with Crippen molar-refractivity contribution in [2.45, 2.75) is 0 Å². The molecule has 3 nitrogen and oxygen atoms in total. The summed E-state index contributed by atoms with van der Waals surface area (Å²) in [6.07, 6.45) is 1.16. The first-order valence-electron chi connectivity index (χ1n) is 4.15. The van der Waals surface area contributed by atoms with Gasteiger partial charge in [-0.25, -0.2) is 0 Å². The summed E-state index contributed by atoms with van der Waals surface area (Å²) in [7, 11) is -4.74. The average molecular weight is 283 g/mol. The van der Waals surface area contributed by atoms with Crippen LogP contribution < -0.4 is 4.74 Å². The monoisotopic (exact) mass is 282 g/mol. The van der Waals surface area contributed by atoms with Crippen LogP contribution in [0.15, 0.2) is 17.0 Å². The highest BCUT2D eigenvalue weighted by Crippen LogP contribution is 2.37. The summed E-state index contributed by atoms with van der Waals surface area (Å²) < 4.78 is 39.2. The van der Waals surface area contributed by atoms with Crippen LogP contribution in [0.5, 0.6) is 5.75 Å². The van der Waals surface area contributed by atoms with Gasteiger partial charge in [0.2, 0.25) is 0 Å². The maximum atomic E-state index is 12.7. The van der Waals surface area contributed by atoms with E-state index in [1.807, 2.05) is 0 Å². The largest absolute Gasteiger partial charge is 0.486 e. The lowest BCUT2D eigenvalue weighted by Gasteiger charge is -2.17. The Morgan fingerprint density at radius 3 is 2.62 bits per heavy atom. The van der Waals surface area contributed by atoms with E-state index in [1.54, 1.807) is 0 Å². The van der Waals surface area contributed by atoms with E-state index in [1.165, 1.54) is 12.1 Å². The van der Waals surface area contributed by atoms with E-state index in [9.17, 15) is 12.3 Å². The van der Waals surface area contributed by atoms with Crippen LogP contribution in [0.25, 0.3) is 6.08 Å². The predicted molar refractivity (Wildman–Crippen MR) is 60.0 cm³/mol. The zero-order valence-corrected chi connectivity index (χ0v) is 10.0. The molecule has 1 heterocycles. The number of hydrogen-bond acceptors (Lipinski definition) is 3. The average Bonchev–Trinajstić information content (AvgIpc) is 2.15. The van der Waals surface area contributed by atoms with Crippen LogP contribution in [0.2, 0.25) is 10.0 Å². The Hall–Kier alpha value is -0.780. The third-order valence-electron chi connectivity index (χ3n) is 2.03. The Balaban J connectivity index is 2.60. The van der Waals surface area contributed by atoms with Crippen molar-refractivity contribution in [3.63, 3.8) is 0 Å². The zero-order chi connectivity index (χ0) is 11.9. The van der Waals surface area contributed by atoms with Gasteiger partial charge in [0.05, 0.1) is 5.02 Å². The summed E-state index contributed by atoms with van der Waals surface area (Å²) in [5.41, 5.74) is 0.347. The second-order valence-corrected chi connectivity index (χ2v) is 5.39. The first-order chi connectivity index (χ1) is 7.38. The molecule has 0 amide bonds. The molecule has 86 valence electrons. The molecule has 0 N–H and O–H groups in total. The summed E-state index contributed by atoms with van der Waals surface area (Å²) >= 11 is 11.6. The van der Waals surface area contributed by atoms with Crippen LogP contribution in [0, 0.1) is 0 Å². The minimum atomic E-state index is -4.74. The van der Waals surface area contributed by atoms with Crippen molar-refractivity contribution in [1.29, 1.82) is 0 Å². The van der Waals surface area contributed by atoms with Gasteiger partial charge in [-0.3, -0.25) is 0 Å². The van der Waals surface area contributed by atoms with E-state index in [-0.39, 0.29) is 11.6 Å². The molecule has 0 unspecified atom stereocenters. The van der Waals surface area contributed by atoms with Crippen molar-refractivity contribution in [3.05, 3.63) is 32.6 Å². The number of ether oxygens (including phenoxy) is 1. The second kappa shape index (κ2) is 3.91. The molecule has 2 rings (SSSR count). The predicted octanol–water partition coefficient (Wildman–Crippen LogP) is 3.03. The van der Waals surface area contributed by atoms with Crippen LogP contribution in [0.1, 0.15) is 5.56 Å². The number of benzene rings is 1. The normalized spacial score (nSPS) is 15.1. The topological polar surface area (TPSA) is 43.4 Å². The van der Waals surface area contributed by atoms with E-state index >= 15 is 0 Å². The third kappa shape index (κ3) is 2.16. The molecule has 0 saturated heterocycles. The van der Waals surface area contributed by atoms with E-state index in [0.29, 0.717) is 16.3 Å². The van der Waals surface area contributed by atoms with Gasteiger partial charge in [0.1, 0.15) is 17.3 Å². The fourth-order valence-electron chi connectivity index (χ4n) is 1.34. The lowest BCUT2D eigenvalue weighted by Crippen LogP contribution is -2.12. The molecule has 0 spiro atoms. The lowest BCUT2D eigenvalue weighted by atomic mass is 10.1. The van der Waals surface area contributed by atoms with Gasteiger partial charge in [-0.15, -0.1) is 3.89 Å². The molecule has 0 atom stereocenters. The highest BCUT2D eigenvalue weighted by Gasteiger charge is 2.23. The highest BCUT2D eigenvalue weighted by atomic mass is 35.5. The highest BCUT2D eigenvalue weighted by molar-refractivity contribution is 7.90. The molecule has 1 aromatic carbocycles. The van der Waals surface area contributed by atoms with E-state index in [4.69, 9.17) is 27.9 Å². The smallest absolute Gasteiger partial charge is 0.331 e. The van der Waals surface area contributed by atoms with Gasteiger partial charge in [-0.2, -0.15) is 8.42 Å². The van der Waals surface area contributed by atoms with Crippen LogP contribution in [0.3, 0.4) is 0 Å². The summed E-state index contributed by atoms with van der Waals surface area (Å²) in [6, 6.07) is 2.91. The van der Waals surface area contributed by atoms with Gasteiger partial charge >= 0.3 is 10.2 Å². The van der Waals surface area contributed by atoms with Gasteiger partial charge in [-0.1, -0.05) is 23.2 Å². The van der Waals surface area contributed by atoms with Gasteiger partial charge in [-0.05, 0) is 18.2 Å². The fraction of sp³-hybridized carbons (Fsp3) is 0.111. The minimum absolute atomic E-state index is 0.258. The van der Waals surface area contributed by atoms with Crippen molar-refractivity contribution in [3.8, 4) is 5.75 Å². The molecule has 1 aliphatic rings. The van der Waals surface area contributed by atoms with E-state index in [0.717, 1.165) is 6.08 Å². The molecule has 0 aromatic heterocycles. The van der Waals surface area contributed by atoms with Gasteiger partial charge in [0.25, 0.3) is 0 Å². The molecule has 0 bridgehead atoms. The van der Waals surface area contributed by atoms with Crippen molar-refractivity contribution >= 4 is 39.5 Å². The van der Waals surface area contributed by atoms with E-state index < -0.39 is 15.1 Å². The summed E-state index contributed by atoms with van der Waals surface area (Å²) in [4.78, 5) is -0.446. The van der Waals surface area contributed by atoms with Crippen molar-refractivity contribution < 1.29 is 17.0 Å². The molecular formula is C9H5Cl2FO3S. The van der Waals surface area contributed by atoms with Gasteiger partial charge in [0.15, 0.2) is 0 Å². The number of rotatable bonds is 1. The standard InChI is InChI=1S/C9H5Cl2FO3S/c10-6-1-5-2-7(16(12,13)14)4-15-9(5)8(11)3-6/h1-3H,4H2. The lowest BCUT2D eigenvalue weighted by molar-refractivity contribution is 0.352. The Morgan fingerprint density at radius 1 is 1.31 bits per heavy atom. The summed E-state index contributed by atoms with van der Waals surface area (Å²) in [5, 5.41) is 0.579. The molecule has 1 aromatic rings. The molecule has 0 aliphatic carbocycles. The number of halogens is 3. The SMILES string of the molecule is O=S(=O)(F)C1=Cc2cc(Cl)cc(Cl)c2OC1. The minimum Gasteiger partial charge on any atom is -0.486 e. The van der Waals surface area contributed by atoms with Crippen molar-refractivity contribution in [2.24, 2.45) is 0 Å². The van der Waals surface area contributed by atoms with Crippen LogP contribution in [-0.2, 0) is 10.2 Å². The second-order valence-electron chi connectivity index (χ2n) is 3.14. The van der Waals surface area contributed by atoms with Gasteiger partial charge in [0, 0.05) is 10.6 Å². The Labute approximate surface area is 102 Å². The Morgan fingerprint density at radius 2 is 2.00 bits per heavy atom. The maximum Gasteiger partial charge on any atom is 0.331 e. The zero-order valence-electron chi connectivity index (χ0n) is 7.71. The van der Waals surface area contributed by atoms with Crippen LogP contribution in [-0.4, -0.2) is 15.0 Å². The van der Waals surface area contributed by atoms with Crippen molar-refractivity contribution in [1.82, 2.24) is 0 Å². The Kier molecular flexibility index (Phi) is 2.86. The maximum absolute atomic E-state index is 12.7. The third-order valence-corrected chi connectivity index (χ3v) is 3.39. The molecule has 0 saturated carbocycles. The Bertz CT molecular complexity index is 581. The van der Waals surface area contributed by atoms with E-state index in [2.05, 4.69) is 0 Å². The summed E-state index contributed by atoms with van der Waals surface area (Å²) in [6.45, 7) is -0.368. The molecule has 16 heavy (non-hydrogen) atoms. The fourth-order valence-corrected chi connectivity index (χ4v) is 2.37. The first-order valence-corrected chi connectivity index (χ1v) is 6.29. The number of hydrogen-bond donors (Lipinski definition) is 0. The molecule has 0 fully saturated rings. The van der Waals surface area contributed by atoms with Crippen LogP contribution >= 0.6 is 23.2 Å². The first kappa shape index (κ1) is 11.7. The molecular weight excluding hydrogens is 278 g/mol. The number of fused-ring (bicyclic) bond motifs is 1.